The molecule has 1 aromatic carbocycles. The van der Waals surface area contributed by atoms with Crippen LogP contribution in [0.15, 0.2) is 18.2 Å². The van der Waals surface area contributed by atoms with Crippen molar-refractivity contribution in [1.29, 1.82) is 0 Å². The van der Waals surface area contributed by atoms with Gasteiger partial charge in [0.1, 0.15) is 6.04 Å². The van der Waals surface area contributed by atoms with Crippen molar-refractivity contribution in [3.63, 3.8) is 0 Å². The molecule has 0 aromatic heterocycles. The van der Waals surface area contributed by atoms with Gasteiger partial charge in [0.2, 0.25) is 11.8 Å². The normalized spacial score (nSPS) is 30.4. The number of nitrogens with zero attached hydrogens (tertiary/aromatic N) is 2. The van der Waals surface area contributed by atoms with Crippen molar-refractivity contribution in [3.05, 3.63) is 34.9 Å². The molecule has 4 aliphatic rings. The fourth-order valence-corrected chi connectivity index (χ4v) is 5.25. The Bertz CT molecular complexity index is 825. The van der Waals surface area contributed by atoms with E-state index in [-0.39, 0.29) is 24.1 Å². The summed E-state index contributed by atoms with van der Waals surface area (Å²) in [6.45, 7) is 4.70. The average molecular weight is 382 g/mol. The van der Waals surface area contributed by atoms with Crippen LogP contribution in [0.4, 0.5) is 0 Å². The molecule has 4 heterocycles. The number of carbonyl (C=O) groups excluding carboxylic acids is 3. The first-order valence-corrected chi connectivity index (χ1v) is 10.3. The Morgan fingerprint density at radius 3 is 2.82 bits per heavy atom. The second kappa shape index (κ2) is 6.97. The lowest BCUT2D eigenvalue weighted by molar-refractivity contribution is -0.136. The first-order chi connectivity index (χ1) is 13.6. The third-order valence-electron chi connectivity index (χ3n) is 6.67. The zero-order valence-corrected chi connectivity index (χ0v) is 15.9. The van der Waals surface area contributed by atoms with E-state index in [1.807, 2.05) is 12.1 Å². The minimum atomic E-state index is -0.547. The highest BCUT2D eigenvalue weighted by Crippen LogP contribution is 2.30. The van der Waals surface area contributed by atoms with Crippen molar-refractivity contribution in [2.24, 2.45) is 5.92 Å². The van der Waals surface area contributed by atoms with Crippen molar-refractivity contribution in [3.8, 4) is 0 Å². The van der Waals surface area contributed by atoms with E-state index in [0.717, 1.165) is 37.7 Å². The molecule has 5 rings (SSSR count). The van der Waals surface area contributed by atoms with Crippen molar-refractivity contribution in [1.82, 2.24) is 20.4 Å². The van der Waals surface area contributed by atoms with Gasteiger partial charge in [-0.15, -0.1) is 0 Å². The van der Waals surface area contributed by atoms with Gasteiger partial charge in [0.15, 0.2) is 0 Å². The van der Waals surface area contributed by atoms with Crippen molar-refractivity contribution in [2.75, 3.05) is 19.6 Å². The molecular formula is C21H26N4O3. The Morgan fingerprint density at radius 2 is 2.00 bits per heavy atom. The molecule has 3 atom stereocenters. The maximum atomic E-state index is 12.8. The fourth-order valence-electron chi connectivity index (χ4n) is 5.25. The average Bonchev–Trinajstić information content (AvgIpc) is 3.22. The smallest absolute Gasteiger partial charge is 0.255 e. The van der Waals surface area contributed by atoms with Gasteiger partial charge in [-0.25, -0.2) is 0 Å². The van der Waals surface area contributed by atoms with Crippen LogP contribution in [0.5, 0.6) is 0 Å². The summed E-state index contributed by atoms with van der Waals surface area (Å²) in [6.07, 6.45) is 3.27. The van der Waals surface area contributed by atoms with Gasteiger partial charge in [0.25, 0.3) is 5.91 Å². The van der Waals surface area contributed by atoms with Crippen LogP contribution in [-0.2, 0) is 22.7 Å². The molecule has 3 saturated heterocycles. The second-order valence-electron chi connectivity index (χ2n) is 8.55. The molecule has 0 saturated carbocycles. The second-order valence-corrected chi connectivity index (χ2v) is 8.55. The summed E-state index contributed by atoms with van der Waals surface area (Å²) in [5.74, 6) is 0.0402. The number of carbonyl (C=O) groups is 3. The highest BCUT2D eigenvalue weighted by Gasteiger charge is 2.39. The molecule has 2 N–H and O–H groups in total. The molecule has 3 amide bonds. The van der Waals surface area contributed by atoms with Gasteiger partial charge in [-0.2, -0.15) is 0 Å². The van der Waals surface area contributed by atoms with Crippen LogP contribution in [-0.4, -0.2) is 59.2 Å². The van der Waals surface area contributed by atoms with Crippen LogP contribution in [0.2, 0.25) is 0 Å². The highest BCUT2D eigenvalue weighted by atomic mass is 16.2. The van der Waals surface area contributed by atoms with Gasteiger partial charge in [0.05, 0.1) is 0 Å². The monoisotopic (exact) mass is 382 g/mol. The summed E-state index contributed by atoms with van der Waals surface area (Å²) in [5.41, 5.74) is 2.89. The van der Waals surface area contributed by atoms with E-state index in [1.165, 1.54) is 18.4 Å². The molecule has 0 aliphatic carbocycles. The van der Waals surface area contributed by atoms with E-state index in [2.05, 4.69) is 21.6 Å². The summed E-state index contributed by atoms with van der Waals surface area (Å²) in [6, 6.07) is 6.14. The molecule has 3 fully saturated rings. The lowest BCUT2D eigenvalue weighted by Crippen LogP contribution is -2.52. The first kappa shape index (κ1) is 17.8. The Balaban J connectivity index is 1.28. The maximum absolute atomic E-state index is 12.8. The number of imide groups is 1. The van der Waals surface area contributed by atoms with Crippen molar-refractivity contribution >= 4 is 17.7 Å². The number of piperidine rings is 2. The van der Waals surface area contributed by atoms with E-state index < -0.39 is 6.04 Å². The van der Waals surface area contributed by atoms with Crippen LogP contribution in [0.1, 0.15) is 47.2 Å². The van der Waals surface area contributed by atoms with E-state index in [0.29, 0.717) is 24.6 Å². The van der Waals surface area contributed by atoms with Crippen LogP contribution < -0.4 is 10.6 Å². The number of hydrogen-bond donors (Lipinski definition) is 2. The Morgan fingerprint density at radius 1 is 1.11 bits per heavy atom. The zero-order chi connectivity index (χ0) is 19.3. The molecule has 1 unspecified atom stereocenters. The van der Waals surface area contributed by atoms with Gasteiger partial charge >= 0.3 is 0 Å². The summed E-state index contributed by atoms with van der Waals surface area (Å²) in [7, 11) is 0. The summed E-state index contributed by atoms with van der Waals surface area (Å²) >= 11 is 0. The highest BCUT2D eigenvalue weighted by molar-refractivity contribution is 6.05. The number of benzene rings is 1. The van der Waals surface area contributed by atoms with E-state index in [4.69, 9.17) is 0 Å². The van der Waals surface area contributed by atoms with Crippen LogP contribution >= 0.6 is 0 Å². The number of fused-ring (bicyclic) bond motifs is 2. The molecule has 4 aliphatic heterocycles. The van der Waals surface area contributed by atoms with Gasteiger partial charge in [-0.3, -0.25) is 24.6 Å². The van der Waals surface area contributed by atoms with Crippen LogP contribution in [0.25, 0.3) is 0 Å². The molecule has 28 heavy (non-hydrogen) atoms. The SMILES string of the molecule is O=C1CCC(N2Cc3cc(CN4C[C@@H]5CCCN[C@@H]5C4)ccc3C2=O)C(=O)N1. The van der Waals surface area contributed by atoms with Gasteiger partial charge in [-0.05, 0) is 48.9 Å². The number of amides is 3. The molecule has 0 radical (unpaired) electrons. The van der Waals surface area contributed by atoms with Gasteiger partial charge in [-0.1, -0.05) is 12.1 Å². The Labute approximate surface area is 164 Å². The third kappa shape index (κ3) is 3.12. The first-order valence-electron chi connectivity index (χ1n) is 10.3. The number of likely N-dealkylation sites (tertiary alicyclic amines) is 1. The number of hydrogen-bond acceptors (Lipinski definition) is 5. The summed E-state index contributed by atoms with van der Waals surface area (Å²) in [4.78, 5) is 40.5. The topological polar surface area (TPSA) is 81.8 Å². The third-order valence-corrected chi connectivity index (χ3v) is 6.67. The molecule has 7 nitrogen and oxygen atoms in total. The van der Waals surface area contributed by atoms with Gasteiger partial charge < -0.3 is 10.2 Å². The van der Waals surface area contributed by atoms with E-state index in [9.17, 15) is 14.4 Å². The molecule has 0 spiro atoms. The standard InChI is InChI=1S/C21H26N4O3/c26-19-6-5-18(20(27)23-19)25-11-15-8-13(3-4-16(15)21(25)28)9-24-10-14-2-1-7-22-17(14)12-24/h3-4,8,14,17-18,22H,1-2,5-7,9-12H2,(H,23,26,27)/t14-,17+,18?/m0/s1. The van der Waals surface area contributed by atoms with E-state index >= 15 is 0 Å². The Hall–Kier alpha value is -2.25. The zero-order valence-electron chi connectivity index (χ0n) is 15.9. The largest absolute Gasteiger partial charge is 0.322 e. The minimum absolute atomic E-state index is 0.104. The minimum Gasteiger partial charge on any atom is -0.322 e. The lowest BCUT2D eigenvalue weighted by Gasteiger charge is -2.29. The lowest BCUT2D eigenvalue weighted by atomic mass is 9.94. The molecule has 148 valence electrons. The molecule has 0 bridgehead atoms. The molecular weight excluding hydrogens is 356 g/mol. The van der Waals surface area contributed by atoms with Crippen molar-refractivity contribution in [2.45, 2.75) is 50.9 Å². The van der Waals surface area contributed by atoms with Crippen LogP contribution in [0.3, 0.4) is 0 Å². The molecule has 7 heteroatoms. The number of nitrogens with one attached hydrogen (secondary N) is 2. The van der Waals surface area contributed by atoms with E-state index in [1.54, 1.807) is 4.90 Å². The van der Waals surface area contributed by atoms with Gasteiger partial charge in [0, 0.05) is 44.2 Å². The summed E-state index contributed by atoms with van der Waals surface area (Å²) < 4.78 is 0. The van der Waals surface area contributed by atoms with Crippen LogP contribution in [0, 0.1) is 5.92 Å². The maximum Gasteiger partial charge on any atom is 0.255 e. The molecule has 1 aromatic rings. The predicted octanol–water partition coefficient (Wildman–Crippen LogP) is 0.631. The summed E-state index contributed by atoms with van der Waals surface area (Å²) in [5, 5.41) is 5.99. The quantitative estimate of drug-likeness (QED) is 0.750. The van der Waals surface area contributed by atoms with Crippen molar-refractivity contribution < 1.29 is 14.4 Å². The predicted molar refractivity (Wildman–Crippen MR) is 102 cm³/mol. The Kier molecular flexibility index (Phi) is 4.44. The fraction of sp³-hybridized carbons (Fsp3) is 0.571. The number of rotatable bonds is 3.